The molecule has 0 saturated heterocycles. The van der Waals surface area contributed by atoms with Gasteiger partial charge in [-0.15, -0.1) is 0 Å². The van der Waals surface area contributed by atoms with Crippen LogP contribution in [0.25, 0.3) is 0 Å². The number of esters is 1. The van der Waals surface area contributed by atoms with Gasteiger partial charge in [0.1, 0.15) is 6.04 Å². The van der Waals surface area contributed by atoms with Gasteiger partial charge in [0.25, 0.3) is 0 Å². The molecule has 4 nitrogen and oxygen atoms in total. The summed E-state index contributed by atoms with van der Waals surface area (Å²) >= 11 is 5.14. The van der Waals surface area contributed by atoms with Gasteiger partial charge in [0.2, 0.25) is 0 Å². The molecule has 0 fully saturated rings. The molecule has 0 aliphatic heterocycles. The number of rotatable bonds is 3. The van der Waals surface area contributed by atoms with E-state index in [1.54, 1.807) is 10.8 Å². The minimum absolute atomic E-state index is 0.138. The monoisotopic (exact) mass is 228 g/mol. The summed E-state index contributed by atoms with van der Waals surface area (Å²) in [5.41, 5.74) is 0.934. The molecule has 0 spiro atoms. The zero-order valence-electron chi connectivity index (χ0n) is 9.40. The van der Waals surface area contributed by atoms with Crippen LogP contribution in [0.15, 0.2) is 6.20 Å². The van der Waals surface area contributed by atoms with Gasteiger partial charge in [-0.25, -0.2) is 4.79 Å². The first-order valence-electron chi connectivity index (χ1n) is 4.83. The molecule has 1 N–H and O–H groups in total. The SMILES string of the molecule is COC(=O)C(C(C)C)n1c(C)c[nH]c1=S. The summed E-state index contributed by atoms with van der Waals surface area (Å²) in [5, 5.41) is 0. The van der Waals surface area contributed by atoms with Gasteiger partial charge in [-0.05, 0) is 25.1 Å². The van der Waals surface area contributed by atoms with Gasteiger partial charge in [-0.3, -0.25) is 0 Å². The molecule has 1 aromatic heterocycles. The number of H-pyrrole nitrogens is 1. The standard InChI is InChI=1S/C10H16N2O2S/c1-6(2)8(9(13)14-4)12-7(3)5-11-10(12)15/h5-6,8H,1-4H3,(H,11,15). The number of aromatic amines is 1. The predicted octanol–water partition coefficient (Wildman–Crippen LogP) is 2.22. The molecule has 1 rings (SSSR count). The molecule has 1 heterocycles. The Hall–Kier alpha value is -1.10. The lowest BCUT2D eigenvalue weighted by Crippen LogP contribution is -2.26. The van der Waals surface area contributed by atoms with Gasteiger partial charge in [-0.1, -0.05) is 13.8 Å². The molecule has 1 atom stereocenters. The van der Waals surface area contributed by atoms with Crippen molar-refractivity contribution in [3.05, 3.63) is 16.7 Å². The number of aryl methyl sites for hydroxylation is 1. The van der Waals surface area contributed by atoms with Crippen LogP contribution in [0.1, 0.15) is 25.6 Å². The molecule has 0 bridgehead atoms. The first-order chi connectivity index (χ1) is 6.99. The number of methoxy groups -OCH3 is 1. The topological polar surface area (TPSA) is 47.0 Å². The third-order valence-electron chi connectivity index (χ3n) is 2.36. The molecule has 0 aromatic carbocycles. The van der Waals surface area contributed by atoms with Crippen LogP contribution >= 0.6 is 12.2 Å². The zero-order valence-corrected chi connectivity index (χ0v) is 10.2. The third kappa shape index (κ3) is 2.28. The molecule has 0 radical (unpaired) electrons. The van der Waals surface area contributed by atoms with E-state index in [4.69, 9.17) is 17.0 Å². The van der Waals surface area contributed by atoms with E-state index in [-0.39, 0.29) is 17.9 Å². The summed E-state index contributed by atoms with van der Waals surface area (Å²) in [4.78, 5) is 14.6. The molecule has 84 valence electrons. The Morgan fingerprint density at radius 3 is 2.53 bits per heavy atom. The number of hydrogen-bond donors (Lipinski definition) is 1. The van der Waals surface area contributed by atoms with Crippen molar-refractivity contribution in [1.82, 2.24) is 9.55 Å². The molecule has 0 aliphatic rings. The Labute approximate surface area is 94.3 Å². The predicted molar refractivity (Wildman–Crippen MR) is 60.2 cm³/mol. The Bertz CT molecular complexity index is 406. The summed E-state index contributed by atoms with van der Waals surface area (Å²) in [6.07, 6.45) is 1.79. The van der Waals surface area contributed by atoms with Crippen molar-refractivity contribution in [1.29, 1.82) is 0 Å². The van der Waals surface area contributed by atoms with E-state index in [0.29, 0.717) is 4.77 Å². The lowest BCUT2D eigenvalue weighted by Gasteiger charge is -2.21. The van der Waals surface area contributed by atoms with Crippen molar-refractivity contribution in [2.75, 3.05) is 7.11 Å². The number of nitrogens with zero attached hydrogens (tertiary/aromatic N) is 1. The van der Waals surface area contributed by atoms with Crippen molar-refractivity contribution in [3.63, 3.8) is 0 Å². The maximum Gasteiger partial charge on any atom is 0.329 e. The molecular weight excluding hydrogens is 212 g/mol. The molecular formula is C10H16N2O2S. The van der Waals surface area contributed by atoms with Gasteiger partial charge in [-0.2, -0.15) is 0 Å². The highest BCUT2D eigenvalue weighted by molar-refractivity contribution is 7.71. The van der Waals surface area contributed by atoms with Crippen LogP contribution in [0.4, 0.5) is 0 Å². The van der Waals surface area contributed by atoms with Crippen LogP contribution in [0.3, 0.4) is 0 Å². The second-order valence-electron chi connectivity index (χ2n) is 3.82. The lowest BCUT2D eigenvalue weighted by atomic mass is 10.0. The average molecular weight is 228 g/mol. The van der Waals surface area contributed by atoms with Crippen LogP contribution in [-0.2, 0) is 9.53 Å². The first kappa shape index (κ1) is 12.0. The second kappa shape index (κ2) is 4.61. The van der Waals surface area contributed by atoms with Crippen LogP contribution in [0.5, 0.6) is 0 Å². The number of ether oxygens (including phenoxy) is 1. The van der Waals surface area contributed by atoms with E-state index in [1.807, 2.05) is 20.8 Å². The summed E-state index contributed by atoms with van der Waals surface area (Å²) in [6.45, 7) is 5.84. The van der Waals surface area contributed by atoms with E-state index in [0.717, 1.165) is 5.69 Å². The van der Waals surface area contributed by atoms with E-state index < -0.39 is 0 Å². The largest absolute Gasteiger partial charge is 0.467 e. The summed E-state index contributed by atoms with van der Waals surface area (Å²) < 4.78 is 7.14. The molecule has 15 heavy (non-hydrogen) atoms. The van der Waals surface area contributed by atoms with Crippen LogP contribution < -0.4 is 0 Å². The van der Waals surface area contributed by atoms with Gasteiger partial charge in [0.15, 0.2) is 4.77 Å². The molecule has 1 aromatic rings. The quantitative estimate of drug-likeness (QED) is 0.637. The van der Waals surface area contributed by atoms with Crippen LogP contribution in [-0.4, -0.2) is 22.6 Å². The third-order valence-corrected chi connectivity index (χ3v) is 2.67. The van der Waals surface area contributed by atoms with Crippen molar-refractivity contribution in [2.45, 2.75) is 26.8 Å². The summed E-state index contributed by atoms with van der Waals surface area (Å²) in [6, 6.07) is -0.353. The maximum absolute atomic E-state index is 11.7. The maximum atomic E-state index is 11.7. The highest BCUT2D eigenvalue weighted by Gasteiger charge is 2.26. The van der Waals surface area contributed by atoms with E-state index in [1.165, 1.54) is 7.11 Å². The molecule has 0 aliphatic carbocycles. The summed E-state index contributed by atoms with van der Waals surface area (Å²) in [5.74, 6) is -0.123. The van der Waals surface area contributed by atoms with Gasteiger partial charge in [0, 0.05) is 11.9 Å². The van der Waals surface area contributed by atoms with E-state index in [2.05, 4.69) is 4.98 Å². The van der Waals surface area contributed by atoms with Crippen molar-refractivity contribution in [2.24, 2.45) is 5.92 Å². The fourth-order valence-electron chi connectivity index (χ4n) is 1.61. The number of hydrogen-bond acceptors (Lipinski definition) is 3. The number of carbonyl (C=O) groups is 1. The van der Waals surface area contributed by atoms with Crippen LogP contribution in [0, 0.1) is 17.6 Å². The summed E-state index contributed by atoms with van der Waals surface area (Å²) in [7, 11) is 1.39. The highest BCUT2D eigenvalue weighted by Crippen LogP contribution is 2.21. The molecule has 0 amide bonds. The number of imidazole rings is 1. The van der Waals surface area contributed by atoms with Crippen molar-refractivity contribution < 1.29 is 9.53 Å². The lowest BCUT2D eigenvalue weighted by molar-refractivity contribution is -0.146. The number of carbonyl (C=O) groups excluding carboxylic acids is 1. The Morgan fingerprint density at radius 1 is 1.60 bits per heavy atom. The number of aromatic nitrogens is 2. The fraction of sp³-hybridized carbons (Fsp3) is 0.600. The fourth-order valence-corrected chi connectivity index (χ4v) is 1.92. The van der Waals surface area contributed by atoms with Crippen molar-refractivity contribution >= 4 is 18.2 Å². The molecule has 1 unspecified atom stereocenters. The van der Waals surface area contributed by atoms with E-state index >= 15 is 0 Å². The second-order valence-corrected chi connectivity index (χ2v) is 4.20. The zero-order chi connectivity index (χ0) is 11.6. The Morgan fingerprint density at radius 2 is 2.20 bits per heavy atom. The van der Waals surface area contributed by atoms with Gasteiger partial charge >= 0.3 is 5.97 Å². The van der Waals surface area contributed by atoms with Gasteiger partial charge < -0.3 is 14.3 Å². The average Bonchev–Trinajstić information content (AvgIpc) is 2.49. The molecule has 5 heteroatoms. The number of nitrogens with one attached hydrogen (secondary N) is 1. The van der Waals surface area contributed by atoms with Crippen LogP contribution in [0.2, 0.25) is 0 Å². The minimum Gasteiger partial charge on any atom is -0.467 e. The first-order valence-corrected chi connectivity index (χ1v) is 5.24. The highest BCUT2D eigenvalue weighted by atomic mass is 32.1. The normalized spacial score (nSPS) is 12.9. The smallest absolute Gasteiger partial charge is 0.329 e. The Kier molecular flexibility index (Phi) is 3.68. The Balaban J connectivity index is 3.21. The molecule has 0 saturated carbocycles. The van der Waals surface area contributed by atoms with Crippen molar-refractivity contribution in [3.8, 4) is 0 Å². The minimum atomic E-state index is -0.353. The van der Waals surface area contributed by atoms with E-state index in [9.17, 15) is 4.79 Å². The van der Waals surface area contributed by atoms with Gasteiger partial charge in [0.05, 0.1) is 7.11 Å².